The van der Waals surface area contributed by atoms with Gasteiger partial charge >= 0.3 is 6.03 Å². The number of hydrogen-bond acceptors (Lipinski definition) is 2. The van der Waals surface area contributed by atoms with E-state index in [1.807, 2.05) is 45.0 Å². The zero-order valence-electron chi connectivity index (χ0n) is 10.0. The minimum atomic E-state index is -0.395. The van der Waals surface area contributed by atoms with E-state index < -0.39 is 5.54 Å². The Morgan fingerprint density at radius 3 is 2.69 bits per heavy atom. The van der Waals surface area contributed by atoms with E-state index in [4.69, 9.17) is 5.73 Å². The van der Waals surface area contributed by atoms with E-state index >= 15 is 0 Å². The van der Waals surface area contributed by atoms with Gasteiger partial charge in [0.25, 0.3) is 0 Å². The van der Waals surface area contributed by atoms with Gasteiger partial charge in [-0.1, -0.05) is 12.1 Å². The molecule has 1 aromatic rings. The highest BCUT2D eigenvalue weighted by atomic mass is 16.2. The number of hydrogen-bond donors (Lipinski definition) is 3. The lowest BCUT2D eigenvalue weighted by molar-refractivity contribution is 0.242. The summed E-state index contributed by atoms with van der Waals surface area (Å²) in [5.74, 6) is 0. The van der Waals surface area contributed by atoms with Crippen molar-refractivity contribution in [1.29, 1.82) is 0 Å². The van der Waals surface area contributed by atoms with Gasteiger partial charge < -0.3 is 16.4 Å². The number of carbonyl (C=O) groups is 1. The van der Waals surface area contributed by atoms with Gasteiger partial charge in [0.2, 0.25) is 0 Å². The summed E-state index contributed by atoms with van der Waals surface area (Å²) in [5, 5.41) is 5.57. The molecule has 0 saturated carbocycles. The van der Waals surface area contributed by atoms with Crippen LogP contribution in [-0.4, -0.2) is 18.1 Å². The highest BCUT2D eigenvalue weighted by Crippen LogP contribution is 2.09. The van der Waals surface area contributed by atoms with Gasteiger partial charge in [-0.2, -0.15) is 0 Å². The fourth-order valence-corrected chi connectivity index (χ4v) is 1.24. The lowest BCUT2D eigenvalue weighted by Gasteiger charge is -2.24. The molecular formula is C12H19N3O. The predicted molar refractivity (Wildman–Crippen MR) is 66.5 cm³/mol. The van der Waals surface area contributed by atoms with Gasteiger partial charge in [0, 0.05) is 17.8 Å². The summed E-state index contributed by atoms with van der Waals surface area (Å²) in [5.41, 5.74) is 7.02. The predicted octanol–water partition coefficient (Wildman–Crippen LogP) is 1.85. The van der Waals surface area contributed by atoms with Gasteiger partial charge in [-0.05, 0) is 38.5 Å². The number of nitrogens with two attached hydrogens (primary N) is 1. The lowest BCUT2D eigenvalue weighted by atomic mass is 10.1. The molecule has 0 atom stereocenters. The van der Waals surface area contributed by atoms with E-state index in [2.05, 4.69) is 10.6 Å². The minimum absolute atomic E-state index is 0.235. The van der Waals surface area contributed by atoms with Gasteiger partial charge in [-0.25, -0.2) is 4.79 Å². The Labute approximate surface area is 96.2 Å². The van der Waals surface area contributed by atoms with Crippen LogP contribution >= 0.6 is 0 Å². The number of carbonyl (C=O) groups excluding carboxylic acids is 1. The molecule has 4 N–H and O–H groups in total. The number of anilines is 1. The van der Waals surface area contributed by atoms with Crippen molar-refractivity contribution in [3.63, 3.8) is 0 Å². The van der Waals surface area contributed by atoms with E-state index in [-0.39, 0.29) is 6.03 Å². The van der Waals surface area contributed by atoms with Gasteiger partial charge in [0.15, 0.2) is 0 Å². The van der Waals surface area contributed by atoms with Crippen LogP contribution in [0.3, 0.4) is 0 Å². The molecule has 0 unspecified atom stereocenters. The maximum absolute atomic E-state index is 11.6. The molecule has 0 heterocycles. The molecule has 0 radical (unpaired) electrons. The largest absolute Gasteiger partial charge is 0.332 e. The maximum atomic E-state index is 11.6. The van der Waals surface area contributed by atoms with Crippen molar-refractivity contribution in [1.82, 2.24) is 5.32 Å². The molecule has 0 saturated heterocycles. The number of benzene rings is 1. The Hall–Kier alpha value is -1.55. The van der Waals surface area contributed by atoms with Crippen LogP contribution in [0.5, 0.6) is 0 Å². The molecule has 0 fully saturated rings. The van der Waals surface area contributed by atoms with Crippen LogP contribution < -0.4 is 16.4 Å². The van der Waals surface area contributed by atoms with Crippen molar-refractivity contribution in [2.24, 2.45) is 5.73 Å². The first-order valence-electron chi connectivity index (χ1n) is 5.29. The van der Waals surface area contributed by atoms with E-state index in [0.29, 0.717) is 6.54 Å². The smallest absolute Gasteiger partial charge is 0.319 e. The third-order valence-electron chi connectivity index (χ3n) is 2.24. The van der Waals surface area contributed by atoms with Gasteiger partial charge in [0.05, 0.1) is 0 Å². The Kier molecular flexibility index (Phi) is 3.90. The summed E-state index contributed by atoms with van der Waals surface area (Å²) in [7, 11) is 0. The van der Waals surface area contributed by atoms with Crippen LogP contribution in [0.2, 0.25) is 0 Å². The Morgan fingerprint density at radius 1 is 1.44 bits per heavy atom. The zero-order valence-corrected chi connectivity index (χ0v) is 10.0. The first kappa shape index (κ1) is 12.5. The molecule has 4 nitrogen and oxygen atoms in total. The van der Waals surface area contributed by atoms with Crippen LogP contribution in [0.4, 0.5) is 10.5 Å². The van der Waals surface area contributed by atoms with Gasteiger partial charge in [-0.15, -0.1) is 0 Å². The summed E-state index contributed by atoms with van der Waals surface area (Å²) < 4.78 is 0. The molecule has 16 heavy (non-hydrogen) atoms. The second-order valence-electron chi connectivity index (χ2n) is 4.54. The van der Waals surface area contributed by atoms with Crippen molar-refractivity contribution >= 4 is 11.7 Å². The summed E-state index contributed by atoms with van der Waals surface area (Å²) in [4.78, 5) is 11.6. The lowest BCUT2D eigenvalue weighted by Crippen LogP contribution is -2.50. The molecule has 1 aromatic carbocycles. The molecular weight excluding hydrogens is 202 g/mol. The first-order chi connectivity index (χ1) is 7.43. The highest BCUT2D eigenvalue weighted by molar-refractivity contribution is 5.89. The quantitative estimate of drug-likeness (QED) is 0.729. The second kappa shape index (κ2) is 4.99. The highest BCUT2D eigenvalue weighted by Gasteiger charge is 2.17. The van der Waals surface area contributed by atoms with Gasteiger partial charge in [-0.3, -0.25) is 0 Å². The average molecular weight is 221 g/mol. The molecule has 1 rings (SSSR count). The molecule has 0 aliphatic carbocycles. The summed E-state index contributed by atoms with van der Waals surface area (Å²) in [6, 6.07) is 7.41. The summed E-state index contributed by atoms with van der Waals surface area (Å²) in [6.07, 6.45) is 0. The molecule has 88 valence electrons. The van der Waals surface area contributed by atoms with Crippen LogP contribution in [0.1, 0.15) is 19.4 Å². The number of urea groups is 1. The van der Waals surface area contributed by atoms with Crippen molar-refractivity contribution in [2.75, 3.05) is 11.9 Å². The zero-order chi connectivity index (χ0) is 12.2. The Bertz CT molecular complexity index is 374. The van der Waals surface area contributed by atoms with Crippen LogP contribution in [-0.2, 0) is 0 Å². The molecule has 0 aromatic heterocycles. The van der Waals surface area contributed by atoms with Crippen LogP contribution in [0.25, 0.3) is 0 Å². The SMILES string of the molecule is Cc1cccc(NC(=O)NC(C)(C)CN)c1. The maximum Gasteiger partial charge on any atom is 0.319 e. The Balaban J connectivity index is 2.59. The van der Waals surface area contributed by atoms with Crippen molar-refractivity contribution in [3.05, 3.63) is 29.8 Å². The van der Waals surface area contributed by atoms with E-state index in [9.17, 15) is 4.79 Å². The third-order valence-corrected chi connectivity index (χ3v) is 2.24. The molecule has 0 aliphatic rings. The molecule has 0 spiro atoms. The van der Waals surface area contributed by atoms with E-state index in [1.165, 1.54) is 0 Å². The summed E-state index contributed by atoms with van der Waals surface area (Å²) >= 11 is 0. The van der Waals surface area contributed by atoms with Crippen LogP contribution in [0, 0.1) is 6.92 Å². The standard InChI is InChI=1S/C12H19N3O/c1-9-5-4-6-10(7-9)14-11(16)15-12(2,3)8-13/h4-7H,8,13H2,1-3H3,(H2,14,15,16). The first-order valence-corrected chi connectivity index (χ1v) is 5.29. The van der Waals surface area contributed by atoms with Crippen LogP contribution in [0.15, 0.2) is 24.3 Å². The van der Waals surface area contributed by atoms with Crippen molar-refractivity contribution in [3.8, 4) is 0 Å². The number of rotatable bonds is 3. The van der Waals surface area contributed by atoms with Crippen molar-refractivity contribution < 1.29 is 4.79 Å². The fraction of sp³-hybridized carbons (Fsp3) is 0.417. The topological polar surface area (TPSA) is 67.2 Å². The Morgan fingerprint density at radius 2 is 2.12 bits per heavy atom. The number of amides is 2. The molecule has 2 amide bonds. The minimum Gasteiger partial charge on any atom is -0.332 e. The van der Waals surface area contributed by atoms with Crippen molar-refractivity contribution in [2.45, 2.75) is 26.3 Å². The monoisotopic (exact) mass is 221 g/mol. The number of aryl methyl sites for hydroxylation is 1. The molecule has 4 heteroatoms. The molecule has 0 bridgehead atoms. The second-order valence-corrected chi connectivity index (χ2v) is 4.54. The number of nitrogens with one attached hydrogen (secondary N) is 2. The average Bonchev–Trinajstić information content (AvgIpc) is 2.16. The summed E-state index contributed by atoms with van der Waals surface area (Å²) in [6.45, 7) is 6.13. The fourth-order valence-electron chi connectivity index (χ4n) is 1.24. The third kappa shape index (κ3) is 3.90. The van der Waals surface area contributed by atoms with E-state index in [0.717, 1.165) is 11.3 Å². The van der Waals surface area contributed by atoms with Gasteiger partial charge in [0.1, 0.15) is 0 Å². The van der Waals surface area contributed by atoms with E-state index in [1.54, 1.807) is 0 Å². The normalized spacial score (nSPS) is 11.0. The molecule has 0 aliphatic heterocycles.